The van der Waals surface area contributed by atoms with Crippen molar-refractivity contribution < 1.29 is 5.11 Å². The van der Waals surface area contributed by atoms with Crippen LogP contribution in [0, 0.1) is 11.8 Å². The van der Waals surface area contributed by atoms with Gasteiger partial charge in [0, 0.05) is 6.42 Å². The molecule has 0 aliphatic heterocycles. The van der Waals surface area contributed by atoms with Crippen LogP contribution >= 0.6 is 0 Å². The molecule has 112 valence electrons. The van der Waals surface area contributed by atoms with Gasteiger partial charge in [0.1, 0.15) is 0 Å². The lowest BCUT2D eigenvalue weighted by Crippen LogP contribution is -2.46. The maximum absolute atomic E-state index is 11.2. The number of rotatable bonds is 3. The zero-order valence-corrected chi connectivity index (χ0v) is 12.5. The normalized spacial score (nSPS) is 32.4. The highest BCUT2D eigenvalue weighted by molar-refractivity contribution is 4.99. The van der Waals surface area contributed by atoms with Crippen molar-refractivity contribution in [2.45, 2.75) is 69.8 Å². The molecule has 0 saturated heterocycles. The Morgan fingerprint density at radius 2 is 1.90 bits per heavy atom. The van der Waals surface area contributed by atoms with Crippen LogP contribution in [-0.2, 0) is 13.5 Å². The Morgan fingerprint density at radius 1 is 1.15 bits per heavy atom. The third-order valence-corrected chi connectivity index (χ3v) is 5.30. The number of aromatic nitrogens is 4. The van der Waals surface area contributed by atoms with Crippen molar-refractivity contribution in [3.8, 4) is 0 Å². The largest absolute Gasteiger partial charge is 0.389 e. The molecule has 20 heavy (non-hydrogen) atoms. The average molecular weight is 278 g/mol. The van der Waals surface area contributed by atoms with Gasteiger partial charge in [-0.25, -0.2) is 0 Å². The maximum Gasteiger partial charge on any atom is 0.177 e. The maximum atomic E-state index is 11.2. The van der Waals surface area contributed by atoms with Crippen molar-refractivity contribution >= 4 is 0 Å². The number of tetrazole rings is 1. The van der Waals surface area contributed by atoms with Gasteiger partial charge in [0.05, 0.1) is 12.6 Å². The van der Waals surface area contributed by atoms with E-state index in [1.165, 1.54) is 49.7 Å². The van der Waals surface area contributed by atoms with Gasteiger partial charge in [-0.15, -0.1) is 10.2 Å². The van der Waals surface area contributed by atoms with Crippen LogP contribution in [0.25, 0.3) is 0 Å². The number of hydrogen-bond donors (Lipinski definition) is 1. The van der Waals surface area contributed by atoms with Crippen LogP contribution in [0.3, 0.4) is 0 Å². The van der Waals surface area contributed by atoms with Crippen LogP contribution in [0.1, 0.15) is 63.6 Å². The molecule has 0 aromatic carbocycles. The summed E-state index contributed by atoms with van der Waals surface area (Å²) in [6.45, 7) is 0. The van der Waals surface area contributed by atoms with Gasteiger partial charge in [-0.05, 0) is 29.9 Å². The molecule has 0 amide bonds. The lowest BCUT2D eigenvalue weighted by Gasteiger charge is -2.45. The zero-order valence-electron chi connectivity index (χ0n) is 12.5. The van der Waals surface area contributed by atoms with Crippen LogP contribution in [0.4, 0.5) is 0 Å². The van der Waals surface area contributed by atoms with E-state index in [-0.39, 0.29) is 0 Å². The summed E-state index contributed by atoms with van der Waals surface area (Å²) < 4.78 is 0. The Balaban J connectivity index is 1.75. The van der Waals surface area contributed by atoms with E-state index in [1.54, 1.807) is 7.05 Å². The van der Waals surface area contributed by atoms with Gasteiger partial charge >= 0.3 is 0 Å². The summed E-state index contributed by atoms with van der Waals surface area (Å²) in [7, 11) is 1.78. The third-order valence-electron chi connectivity index (χ3n) is 5.30. The van der Waals surface area contributed by atoms with Gasteiger partial charge in [0.2, 0.25) is 0 Å². The second-order valence-electron chi connectivity index (χ2n) is 6.73. The molecule has 1 aromatic rings. The van der Waals surface area contributed by atoms with Gasteiger partial charge in [-0.3, -0.25) is 0 Å². The highest BCUT2D eigenvalue weighted by Gasteiger charge is 2.43. The van der Waals surface area contributed by atoms with E-state index in [0.717, 1.165) is 12.8 Å². The fraction of sp³-hybridized carbons (Fsp3) is 0.933. The molecule has 2 aliphatic carbocycles. The van der Waals surface area contributed by atoms with E-state index in [1.807, 2.05) is 0 Å². The lowest BCUT2D eigenvalue weighted by molar-refractivity contribution is -0.0779. The van der Waals surface area contributed by atoms with Gasteiger partial charge < -0.3 is 5.11 Å². The molecule has 0 radical (unpaired) electrons. The van der Waals surface area contributed by atoms with Crippen LogP contribution in [-0.4, -0.2) is 30.9 Å². The highest BCUT2D eigenvalue weighted by Crippen LogP contribution is 2.44. The van der Waals surface area contributed by atoms with Gasteiger partial charge in [0.15, 0.2) is 5.82 Å². The number of hydrogen-bond acceptors (Lipinski definition) is 4. The number of aryl methyl sites for hydroxylation is 1. The first kappa shape index (κ1) is 14.0. The van der Waals surface area contributed by atoms with Gasteiger partial charge in [-0.2, -0.15) is 4.80 Å². The molecule has 5 nitrogen and oxygen atoms in total. The van der Waals surface area contributed by atoms with E-state index in [2.05, 4.69) is 15.4 Å². The van der Waals surface area contributed by atoms with Crippen molar-refractivity contribution in [2.75, 3.05) is 0 Å². The molecule has 1 aromatic heterocycles. The molecule has 1 heterocycles. The van der Waals surface area contributed by atoms with Crippen molar-refractivity contribution in [1.29, 1.82) is 0 Å². The fourth-order valence-corrected chi connectivity index (χ4v) is 4.35. The van der Waals surface area contributed by atoms with Crippen molar-refractivity contribution in [1.82, 2.24) is 20.2 Å². The zero-order chi connectivity index (χ0) is 14.0. The van der Waals surface area contributed by atoms with Gasteiger partial charge in [0.25, 0.3) is 0 Å². The third kappa shape index (κ3) is 2.87. The van der Waals surface area contributed by atoms with E-state index in [4.69, 9.17) is 0 Å². The van der Waals surface area contributed by atoms with Crippen molar-refractivity contribution in [3.63, 3.8) is 0 Å². The molecule has 2 saturated carbocycles. The minimum absolute atomic E-state index is 0.431. The average Bonchev–Trinajstić information content (AvgIpc) is 2.85. The molecular weight excluding hydrogens is 252 g/mol. The molecule has 2 fully saturated rings. The molecular formula is C15H26N4O. The summed E-state index contributed by atoms with van der Waals surface area (Å²) in [4.78, 5) is 1.48. The minimum atomic E-state index is -0.608. The molecule has 5 heteroatoms. The molecule has 2 atom stereocenters. The lowest BCUT2D eigenvalue weighted by atomic mass is 9.64. The Morgan fingerprint density at radius 3 is 2.60 bits per heavy atom. The molecule has 2 aliphatic rings. The first-order chi connectivity index (χ1) is 9.67. The first-order valence-corrected chi connectivity index (χ1v) is 8.13. The molecule has 3 rings (SSSR count). The van der Waals surface area contributed by atoms with Crippen LogP contribution in [0.5, 0.6) is 0 Å². The Labute approximate surface area is 120 Å². The van der Waals surface area contributed by atoms with E-state index >= 15 is 0 Å². The molecule has 2 unspecified atom stereocenters. The minimum Gasteiger partial charge on any atom is -0.389 e. The van der Waals surface area contributed by atoms with Crippen molar-refractivity contribution in [2.24, 2.45) is 18.9 Å². The Bertz CT molecular complexity index is 441. The van der Waals surface area contributed by atoms with Crippen LogP contribution in [0.2, 0.25) is 0 Å². The smallest absolute Gasteiger partial charge is 0.177 e. The Hall–Kier alpha value is -0.970. The second kappa shape index (κ2) is 5.80. The summed E-state index contributed by atoms with van der Waals surface area (Å²) in [5.41, 5.74) is -0.608. The fourth-order valence-electron chi connectivity index (χ4n) is 4.35. The monoisotopic (exact) mass is 278 g/mol. The van der Waals surface area contributed by atoms with Crippen LogP contribution < -0.4 is 0 Å². The van der Waals surface area contributed by atoms with E-state index in [9.17, 15) is 5.11 Å². The quantitative estimate of drug-likeness (QED) is 0.921. The first-order valence-electron chi connectivity index (χ1n) is 8.13. The molecule has 0 bridgehead atoms. The number of nitrogens with zero attached hydrogens (tertiary/aromatic N) is 4. The second-order valence-corrected chi connectivity index (χ2v) is 6.73. The van der Waals surface area contributed by atoms with Gasteiger partial charge in [-0.1, -0.05) is 44.9 Å². The summed E-state index contributed by atoms with van der Waals surface area (Å²) in [6, 6.07) is 0. The SMILES string of the molecule is Cn1nnc(CC2(O)CCCCC2C2CCCCC2)n1. The van der Waals surface area contributed by atoms with E-state index in [0.29, 0.717) is 24.1 Å². The molecule has 0 spiro atoms. The summed E-state index contributed by atoms with van der Waals surface area (Å²) >= 11 is 0. The predicted octanol–water partition coefficient (Wildman–Crippen LogP) is 2.25. The standard InChI is InChI=1S/C15H26N4O/c1-19-17-14(16-18-19)11-15(20)10-6-5-9-13(15)12-7-3-2-4-8-12/h12-13,20H,2-11H2,1H3. The molecule has 1 N–H and O–H groups in total. The number of aliphatic hydroxyl groups is 1. The van der Waals surface area contributed by atoms with E-state index < -0.39 is 5.60 Å². The van der Waals surface area contributed by atoms with Crippen LogP contribution in [0.15, 0.2) is 0 Å². The van der Waals surface area contributed by atoms with Crippen molar-refractivity contribution in [3.05, 3.63) is 5.82 Å². The predicted molar refractivity (Wildman–Crippen MR) is 76.0 cm³/mol. The summed E-state index contributed by atoms with van der Waals surface area (Å²) in [6.07, 6.45) is 11.6. The summed E-state index contributed by atoms with van der Waals surface area (Å²) in [5, 5.41) is 23.5. The highest BCUT2D eigenvalue weighted by atomic mass is 16.3. The summed E-state index contributed by atoms with van der Waals surface area (Å²) in [5.74, 6) is 1.82. The Kier molecular flexibility index (Phi) is 4.06. The topological polar surface area (TPSA) is 63.8 Å².